The van der Waals surface area contributed by atoms with E-state index in [0.717, 1.165) is 12.5 Å². The van der Waals surface area contributed by atoms with E-state index >= 15 is 0 Å². The molecule has 14 heavy (non-hydrogen) atoms. The number of benzene rings is 1. The van der Waals surface area contributed by atoms with Crippen LogP contribution < -0.4 is 10.5 Å². The first kappa shape index (κ1) is 10.9. The summed E-state index contributed by atoms with van der Waals surface area (Å²) in [6, 6.07) is 6.90. The highest BCUT2D eigenvalue weighted by atomic mass is 19.3. The van der Waals surface area contributed by atoms with E-state index in [4.69, 9.17) is 10.5 Å². The average Bonchev–Trinajstić information content (AvgIpc) is 2.14. The normalized spacial score (nSPS) is 11.4. The standard InChI is InChI=1S/C10H13F2NO/c1-10(11,12)7-14-9-5-3-2-4-8(9)6-13/h2-5H,6-7,13H2,1H3. The van der Waals surface area contributed by atoms with Crippen LogP contribution in [0.2, 0.25) is 0 Å². The Kier molecular flexibility index (Phi) is 3.41. The van der Waals surface area contributed by atoms with Gasteiger partial charge in [-0.3, -0.25) is 0 Å². The Morgan fingerprint density at radius 3 is 2.57 bits per heavy atom. The third-order valence-electron chi connectivity index (χ3n) is 1.67. The number of ether oxygens (including phenoxy) is 1. The highest BCUT2D eigenvalue weighted by Gasteiger charge is 2.22. The molecule has 0 saturated carbocycles. The van der Waals surface area contributed by atoms with Gasteiger partial charge in [0.25, 0.3) is 5.92 Å². The second-order valence-electron chi connectivity index (χ2n) is 3.17. The predicted molar refractivity (Wildman–Crippen MR) is 50.4 cm³/mol. The Morgan fingerprint density at radius 2 is 2.00 bits per heavy atom. The summed E-state index contributed by atoms with van der Waals surface area (Å²) in [5, 5.41) is 0. The van der Waals surface area contributed by atoms with Crippen molar-refractivity contribution in [3.63, 3.8) is 0 Å². The molecule has 0 aliphatic rings. The van der Waals surface area contributed by atoms with Gasteiger partial charge in [0.1, 0.15) is 5.75 Å². The van der Waals surface area contributed by atoms with E-state index < -0.39 is 12.5 Å². The zero-order chi connectivity index (χ0) is 10.6. The lowest BCUT2D eigenvalue weighted by Crippen LogP contribution is -2.21. The van der Waals surface area contributed by atoms with Crippen LogP contribution in [0.25, 0.3) is 0 Å². The Balaban J connectivity index is 2.67. The van der Waals surface area contributed by atoms with E-state index in [0.29, 0.717) is 5.75 Å². The molecular weight excluding hydrogens is 188 g/mol. The first-order valence-electron chi connectivity index (χ1n) is 4.31. The summed E-state index contributed by atoms with van der Waals surface area (Å²) in [6.45, 7) is 0.480. The minimum atomic E-state index is -2.82. The molecule has 1 aromatic carbocycles. The van der Waals surface area contributed by atoms with Crippen LogP contribution in [0.15, 0.2) is 24.3 Å². The summed E-state index contributed by atoms with van der Waals surface area (Å²) in [7, 11) is 0. The highest BCUT2D eigenvalue weighted by molar-refractivity contribution is 5.32. The van der Waals surface area contributed by atoms with Gasteiger partial charge in [0.15, 0.2) is 6.61 Å². The molecule has 0 bridgehead atoms. The van der Waals surface area contributed by atoms with Crippen LogP contribution in [0.5, 0.6) is 5.75 Å². The minimum Gasteiger partial charge on any atom is -0.487 e. The predicted octanol–water partition coefficient (Wildman–Crippen LogP) is 2.18. The van der Waals surface area contributed by atoms with Crippen molar-refractivity contribution >= 4 is 0 Å². The molecule has 2 N–H and O–H groups in total. The Bertz CT molecular complexity index is 296. The fourth-order valence-electron chi connectivity index (χ4n) is 1.02. The van der Waals surface area contributed by atoms with Crippen molar-refractivity contribution in [2.24, 2.45) is 5.73 Å². The van der Waals surface area contributed by atoms with Crippen LogP contribution in [0.4, 0.5) is 8.78 Å². The molecule has 1 rings (SSSR count). The Hall–Kier alpha value is -1.16. The lowest BCUT2D eigenvalue weighted by molar-refractivity contribution is -0.0232. The summed E-state index contributed by atoms with van der Waals surface area (Å²) < 4.78 is 29.9. The molecule has 0 amide bonds. The molecule has 2 nitrogen and oxygen atoms in total. The summed E-state index contributed by atoms with van der Waals surface area (Å²) in [4.78, 5) is 0. The van der Waals surface area contributed by atoms with Gasteiger partial charge in [-0.15, -0.1) is 0 Å². The molecule has 0 aromatic heterocycles. The van der Waals surface area contributed by atoms with Crippen molar-refractivity contribution in [1.82, 2.24) is 0 Å². The third-order valence-corrected chi connectivity index (χ3v) is 1.67. The van der Waals surface area contributed by atoms with Crippen molar-refractivity contribution in [2.45, 2.75) is 19.4 Å². The lowest BCUT2D eigenvalue weighted by atomic mass is 10.2. The van der Waals surface area contributed by atoms with E-state index in [-0.39, 0.29) is 6.54 Å². The maximum absolute atomic E-state index is 12.5. The molecule has 0 aliphatic carbocycles. The number of halogens is 2. The molecule has 0 heterocycles. The van der Waals surface area contributed by atoms with Crippen LogP contribution in [0, 0.1) is 0 Å². The van der Waals surface area contributed by atoms with Crippen LogP contribution in [0.3, 0.4) is 0 Å². The number of para-hydroxylation sites is 1. The SMILES string of the molecule is CC(F)(F)COc1ccccc1CN. The highest BCUT2D eigenvalue weighted by Crippen LogP contribution is 2.20. The number of hydrogen-bond acceptors (Lipinski definition) is 2. The second kappa shape index (κ2) is 4.37. The smallest absolute Gasteiger partial charge is 0.278 e. The molecule has 0 spiro atoms. The van der Waals surface area contributed by atoms with Crippen molar-refractivity contribution in [2.75, 3.05) is 6.61 Å². The Labute approximate surface area is 81.7 Å². The van der Waals surface area contributed by atoms with Crippen LogP contribution in [-0.2, 0) is 6.54 Å². The second-order valence-corrected chi connectivity index (χ2v) is 3.17. The van der Waals surface area contributed by atoms with Gasteiger partial charge in [0, 0.05) is 19.0 Å². The molecule has 4 heteroatoms. The zero-order valence-corrected chi connectivity index (χ0v) is 7.97. The maximum Gasteiger partial charge on any atom is 0.278 e. The maximum atomic E-state index is 12.5. The molecule has 1 aromatic rings. The van der Waals surface area contributed by atoms with Gasteiger partial charge in [-0.2, -0.15) is 0 Å². The van der Waals surface area contributed by atoms with E-state index in [1.165, 1.54) is 0 Å². The molecule has 78 valence electrons. The van der Waals surface area contributed by atoms with Gasteiger partial charge in [0.2, 0.25) is 0 Å². The quantitative estimate of drug-likeness (QED) is 0.810. The van der Waals surface area contributed by atoms with Gasteiger partial charge in [-0.1, -0.05) is 18.2 Å². The van der Waals surface area contributed by atoms with Crippen LogP contribution in [-0.4, -0.2) is 12.5 Å². The number of rotatable bonds is 4. The largest absolute Gasteiger partial charge is 0.487 e. The number of hydrogen-bond donors (Lipinski definition) is 1. The van der Waals surface area contributed by atoms with E-state index in [1.54, 1.807) is 24.3 Å². The van der Waals surface area contributed by atoms with E-state index in [1.807, 2.05) is 0 Å². The molecule has 0 aliphatic heterocycles. The van der Waals surface area contributed by atoms with Crippen molar-refractivity contribution in [3.05, 3.63) is 29.8 Å². The molecular formula is C10H13F2NO. The summed E-state index contributed by atoms with van der Waals surface area (Å²) >= 11 is 0. The van der Waals surface area contributed by atoms with Crippen molar-refractivity contribution in [3.8, 4) is 5.75 Å². The average molecular weight is 201 g/mol. The molecule has 0 atom stereocenters. The first-order valence-corrected chi connectivity index (χ1v) is 4.31. The molecule has 0 saturated heterocycles. The fourth-order valence-corrected chi connectivity index (χ4v) is 1.02. The van der Waals surface area contributed by atoms with Crippen molar-refractivity contribution in [1.29, 1.82) is 0 Å². The Morgan fingerprint density at radius 1 is 1.36 bits per heavy atom. The van der Waals surface area contributed by atoms with Crippen LogP contribution >= 0.6 is 0 Å². The third kappa shape index (κ3) is 3.30. The van der Waals surface area contributed by atoms with Gasteiger partial charge < -0.3 is 10.5 Å². The number of alkyl halides is 2. The minimum absolute atomic E-state index is 0.283. The summed E-state index contributed by atoms with van der Waals surface area (Å²) in [6.07, 6.45) is 0. The topological polar surface area (TPSA) is 35.2 Å². The van der Waals surface area contributed by atoms with Crippen molar-refractivity contribution < 1.29 is 13.5 Å². The van der Waals surface area contributed by atoms with Gasteiger partial charge >= 0.3 is 0 Å². The molecule has 0 radical (unpaired) electrons. The fraction of sp³-hybridized carbons (Fsp3) is 0.400. The zero-order valence-electron chi connectivity index (χ0n) is 7.97. The van der Waals surface area contributed by atoms with E-state index in [2.05, 4.69) is 0 Å². The summed E-state index contributed by atoms with van der Waals surface area (Å²) in [5.74, 6) is -2.39. The number of nitrogens with two attached hydrogens (primary N) is 1. The van der Waals surface area contributed by atoms with Gasteiger partial charge in [-0.05, 0) is 6.07 Å². The molecule has 0 fully saturated rings. The van der Waals surface area contributed by atoms with Gasteiger partial charge in [-0.25, -0.2) is 8.78 Å². The molecule has 0 unspecified atom stereocenters. The van der Waals surface area contributed by atoms with Gasteiger partial charge in [0.05, 0.1) is 0 Å². The first-order chi connectivity index (χ1) is 6.53. The summed E-state index contributed by atoms with van der Waals surface area (Å²) in [5.41, 5.74) is 6.16. The van der Waals surface area contributed by atoms with Crippen LogP contribution in [0.1, 0.15) is 12.5 Å². The lowest BCUT2D eigenvalue weighted by Gasteiger charge is -2.14. The van der Waals surface area contributed by atoms with E-state index in [9.17, 15) is 8.78 Å². The monoisotopic (exact) mass is 201 g/mol.